The van der Waals surface area contributed by atoms with Crippen LogP contribution in [-0.4, -0.2) is 5.97 Å². The summed E-state index contributed by atoms with van der Waals surface area (Å²) in [5.74, 6) is -7.87. The monoisotopic (exact) mass is 327 g/mol. The lowest BCUT2D eigenvalue weighted by Crippen LogP contribution is -2.13. The van der Waals surface area contributed by atoms with E-state index in [1.54, 1.807) is 26.0 Å². The quantitative estimate of drug-likeness (QED) is 0.367. The number of halogens is 4. The third-order valence-corrected chi connectivity index (χ3v) is 4.10. The van der Waals surface area contributed by atoms with Crippen molar-refractivity contribution in [1.29, 1.82) is 5.26 Å². The summed E-state index contributed by atoms with van der Waals surface area (Å²) in [6.45, 7) is 2.63. The van der Waals surface area contributed by atoms with Crippen molar-refractivity contribution < 1.29 is 27.1 Å². The molecule has 2 rings (SSSR count). The third-order valence-electron chi connectivity index (χ3n) is 4.10. The van der Waals surface area contributed by atoms with Gasteiger partial charge in [-0.15, -0.1) is 0 Å². The maximum absolute atomic E-state index is 13.5. The van der Waals surface area contributed by atoms with Crippen molar-refractivity contribution in [3.63, 3.8) is 0 Å². The molecule has 0 aliphatic heterocycles. The number of esters is 1. The van der Waals surface area contributed by atoms with E-state index < -0.39 is 52.7 Å². The highest BCUT2D eigenvalue weighted by molar-refractivity contribution is 5.78. The summed E-state index contributed by atoms with van der Waals surface area (Å²) in [5, 5.41) is 8.50. The number of hydrogen-bond acceptors (Lipinski definition) is 3. The molecule has 0 spiro atoms. The second kappa shape index (κ2) is 6.03. The van der Waals surface area contributed by atoms with Crippen molar-refractivity contribution in [2.24, 2.45) is 17.3 Å². The Balaban J connectivity index is 2.10. The summed E-state index contributed by atoms with van der Waals surface area (Å²) in [4.78, 5) is 12.0. The number of carbonyl (C=O) groups excluding carboxylic acids is 1. The van der Waals surface area contributed by atoms with Gasteiger partial charge in [0.05, 0.1) is 17.6 Å². The van der Waals surface area contributed by atoms with Gasteiger partial charge < -0.3 is 4.74 Å². The van der Waals surface area contributed by atoms with Gasteiger partial charge in [0, 0.05) is 12.1 Å². The standard InChI is InChI=1S/C16H13F4NO2/c1-16(2)9(4-3-5-21)12(16)15(22)23-7-8-13(19)10(17)6-11(18)14(8)20/h3-4,6,9,12H,7H2,1-2H3/b4-3-/t9-,12-/m1/s1. The molecule has 3 nitrogen and oxygen atoms in total. The Labute approximate surface area is 130 Å². The molecule has 0 bridgehead atoms. The Morgan fingerprint density at radius 1 is 1.30 bits per heavy atom. The van der Waals surface area contributed by atoms with E-state index in [1.165, 1.54) is 6.08 Å². The van der Waals surface area contributed by atoms with Crippen molar-refractivity contribution >= 4 is 5.97 Å². The van der Waals surface area contributed by atoms with Crippen molar-refractivity contribution in [3.05, 3.63) is 47.1 Å². The van der Waals surface area contributed by atoms with E-state index in [4.69, 9.17) is 10.00 Å². The van der Waals surface area contributed by atoms with E-state index in [1.807, 2.05) is 0 Å². The number of allylic oxidation sites excluding steroid dienone is 2. The molecule has 1 aromatic carbocycles. The smallest absolute Gasteiger partial charge is 0.310 e. The molecule has 1 aromatic rings. The van der Waals surface area contributed by atoms with Crippen LogP contribution < -0.4 is 0 Å². The van der Waals surface area contributed by atoms with Crippen LogP contribution in [0.1, 0.15) is 19.4 Å². The van der Waals surface area contributed by atoms with Gasteiger partial charge in [0.15, 0.2) is 23.3 Å². The fourth-order valence-electron chi connectivity index (χ4n) is 2.62. The van der Waals surface area contributed by atoms with Crippen LogP contribution in [0.4, 0.5) is 17.6 Å². The zero-order chi connectivity index (χ0) is 17.4. The molecule has 1 aliphatic rings. The number of hydrogen-bond donors (Lipinski definition) is 0. The van der Waals surface area contributed by atoms with E-state index in [9.17, 15) is 22.4 Å². The van der Waals surface area contributed by atoms with Crippen LogP contribution in [0.2, 0.25) is 0 Å². The van der Waals surface area contributed by atoms with Gasteiger partial charge in [-0.2, -0.15) is 5.26 Å². The van der Waals surface area contributed by atoms with Crippen LogP contribution in [0.5, 0.6) is 0 Å². The number of rotatable bonds is 4. The number of nitrogens with zero attached hydrogens (tertiary/aromatic N) is 1. The van der Waals surface area contributed by atoms with Gasteiger partial charge in [0.1, 0.15) is 6.61 Å². The van der Waals surface area contributed by atoms with Gasteiger partial charge in [-0.1, -0.05) is 19.9 Å². The Hall–Kier alpha value is -2.36. The molecular formula is C16H13F4NO2. The Morgan fingerprint density at radius 3 is 2.39 bits per heavy atom. The largest absolute Gasteiger partial charge is 0.460 e. The van der Waals surface area contributed by atoms with Crippen LogP contribution in [-0.2, 0) is 16.1 Å². The maximum Gasteiger partial charge on any atom is 0.310 e. The lowest BCUT2D eigenvalue weighted by atomic mass is 10.1. The Morgan fingerprint density at radius 2 is 1.87 bits per heavy atom. The van der Waals surface area contributed by atoms with E-state index in [0.29, 0.717) is 0 Å². The van der Waals surface area contributed by atoms with Crippen molar-refractivity contribution in [1.82, 2.24) is 0 Å². The fraction of sp³-hybridized carbons (Fsp3) is 0.375. The number of benzene rings is 1. The molecule has 1 fully saturated rings. The van der Waals surface area contributed by atoms with Crippen molar-refractivity contribution in [2.75, 3.05) is 0 Å². The van der Waals surface area contributed by atoms with Crippen molar-refractivity contribution in [3.8, 4) is 6.07 Å². The molecule has 0 aromatic heterocycles. The molecule has 0 N–H and O–H groups in total. The SMILES string of the molecule is CC1(C)[C@H](/C=C\C#N)[C@@H]1C(=O)OCc1c(F)c(F)cc(F)c1F. The summed E-state index contributed by atoms with van der Waals surface area (Å²) in [6.07, 6.45) is 2.79. The molecule has 0 amide bonds. The predicted octanol–water partition coefficient (Wildman–Crippen LogP) is 3.64. The molecule has 2 atom stereocenters. The molecule has 122 valence electrons. The minimum absolute atomic E-state index is 0.0860. The summed E-state index contributed by atoms with van der Waals surface area (Å²) in [7, 11) is 0. The molecule has 0 saturated heterocycles. The zero-order valence-corrected chi connectivity index (χ0v) is 12.4. The topological polar surface area (TPSA) is 50.1 Å². The molecule has 0 radical (unpaired) electrons. The first kappa shape index (κ1) is 17.0. The number of nitriles is 1. The molecule has 1 saturated carbocycles. The fourth-order valence-corrected chi connectivity index (χ4v) is 2.62. The number of ether oxygens (including phenoxy) is 1. The van der Waals surface area contributed by atoms with Gasteiger partial charge in [0.2, 0.25) is 0 Å². The second-order valence-electron chi connectivity index (χ2n) is 5.87. The first-order chi connectivity index (χ1) is 10.7. The highest BCUT2D eigenvalue weighted by Gasteiger charge is 2.61. The zero-order valence-electron chi connectivity index (χ0n) is 12.4. The van der Waals surface area contributed by atoms with Gasteiger partial charge in [-0.25, -0.2) is 17.6 Å². The summed E-state index contributed by atoms with van der Waals surface area (Å²) >= 11 is 0. The van der Waals surface area contributed by atoms with Crippen LogP contribution in [0.15, 0.2) is 18.2 Å². The van der Waals surface area contributed by atoms with Gasteiger partial charge in [-0.05, 0) is 11.3 Å². The van der Waals surface area contributed by atoms with Gasteiger partial charge >= 0.3 is 5.97 Å². The van der Waals surface area contributed by atoms with Gasteiger partial charge in [-0.3, -0.25) is 4.79 Å². The normalized spacial score (nSPS) is 22.0. The first-order valence-corrected chi connectivity index (χ1v) is 6.76. The van der Waals surface area contributed by atoms with Gasteiger partial charge in [0.25, 0.3) is 0 Å². The number of carbonyl (C=O) groups is 1. The third kappa shape index (κ3) is 3.07. The highest BCUT2D eigenvalue weighted by atomic mass is 19.2. The Kier molecular flexibility index (Phi) is 4.46. The van der Waals surface area contributed by atoms with E-state index >= 15 is 0 Å². The van der Waals surface area contributed by atoms with E-state index in [0.717, 1.165) is 0 Å². The molecule has 23 heavy (non-hydrogen) atoms. The van der Waals surface area contributed by atoms with E-state index in [2.05, 4.69) is 0 Å². The van der Waals surface area contributed by atoms with Crippen LogP contribution in [0, 0.1) is 51.9 Å². The van der Waals surface area contributed by atoms with Crippen molar-refractivity contribution in [2.45, 2.75) is 20.5 Å². The summed E-state index contributed by atoms with van der Waals surface area (Å²) in [5.41, 5.74) is -1.44. The first-order valence-electron chi connectivity index (χ1n) is 6.76. The van der Waals surface area contributed by atoms with Crippen LogP contribution in [0.3, 0.4) is 0 Å². The minimum atomic E-state index is -1.59. The van der Waals surface area contributed by atoms with E-state index in [-0.39, 0.29) is 12.0 Å². The summed E-state index contributed by atoms with van der Waals surface area (Å²) in [6, 6.07) is 1.89. The van der Waals surface area contributed by atoms with Crippen LogP contribution >= 0.6 is 0 Å². The minimum Gasteiger partial charge on any atom is -0.460 e. The second-order valence-corrected chi connectivity index (χ2v) is 5.87. The average Bonchev–Trinajstić information content (AvgIpc) is 3.04. The molecule has 0 heterocycles. The molecule has 1 aliphatic carbocycles. The lowest BCUT2D eigenvalue weighted by molar-refractivity contribution is -0.147. The lowest BCUT2D eigenvalue weighted by Gasteiger charge is -2.09. The molecular weight excluding hydrogens is 314 g/mol. The summed E-state index contributed by atoms with van der Waals surface area (Å²) < 4.78 is 57.9. The molecule has 7 heteroatoms. The maximum atomic E-state index is 13.5. The molecule has 0 unspecified atom stereocenters. The Bertz CT molecular complexity index is 696. The predicted molar refractivity (Wildman–Crippen MR) is 71.6 cm³/mol. The highest BCUT2D eigenvalue weighted by Crippen LogP contribution is 2.59. The average molecular weight is 327 g/mol. The van der Waals surface area contributed by atoms with Crippen LogP contribution in [0.25, 0.3) is 0 Å².